The summed E-state index contributed by atoms with van der Waals surface area (Å²) >= 11 is 1.79. The lowest BCUT2D eigenvalue weighted by molar-refractivity contribution is 0.185. The molecule has 1 heterocycles. The summed E-state index contributed by atoms with van der Waals surface area (Å²) in [6.07, 6.45) is 1.17. The molecule has 17 heavy (non-hydrogen) atoms. The van der Waals surface area contributed by atoms with Gasteiger partial charge < -0.3 is 10.1 Å². The maximum absolute atomic E-state index is 5.13. The predicted molar refractivity (Wildman–Crippen MR) is 74.7 cm³/mol. The number of nitrogens with one attached hydrogen (secondary N) is 1. The third kappa shape index (κ3) is 3.75. The van der Waals surface area contributed by atoms with Crippen LogP contribution < -0.4 is 5.32 Å². The summed E-state index contributed by atoms with van der Waals surface area (Å²) in [6.45, 7) is 2.80. The van der Waals surface area contributed by atoms with Crippen LogP contribution in [0.3, 0.4) is 0 Å². The van der Waals surface area contributed by atoms with Gasteiger partial charge in [-0.1, -0.05) is 23.9 Å². The van der Waals surface area contributed by atoms with Gasteiger partial charge in [-0.3, -0.25) is 4.99 Å². The molecule has 0 aliphatic carbocycles. The van der Waals surface area contributed by atoms with Crippen LogP contribution in [0.4, 0.5) is 5.69 Å². The Morgan fingerprint density at radius 1 is 1.53 bits per heavy atom. The van der Waals surface area contributed by atoms with Crippen molar-refractivity contribution in [1.82, 2.24) is 0 Å². The third-order valence-corrected chi connectivity index (χ3v) is 3.52. The topological polar surface area (TPSA) is 33.6 Å². The van der Waals surface area contributed by atoms with Gasteiger partial charge in [0.05, 0.1) is 12.6 Å². The molecule has 0 saturated heterocycles. The highest BCUT2D eigenvalue weighted by Crippen LogP contribution is 2.20. The highest BCUT2D eigenvalue weighted by Gasteiger charge is 2.11. The molecule has 1 aliphatic rings. The largest absolute Gasteiger partial charge is 0.380 e. The second-order valence-corrected chi connectivity index (χ2v) is 5.26. The summed E-state index contributed by atoms with van der Waals surface area (Å²) in [5.74, 6) is 1.14. The highest BCUT2D eigenvalue weighted by atomic mass is 32.2. The first-order chi connectivity index (χ1) is 8.28. The van der Waals surface area contributed by atoms with E-state index in [9.17, 15) is 0 Å². The fourth-order valence-corrected chi connectivity index (χ4v) is 2.82. The van der Waals surface area contributed by atoms with Crippen LogP contribution in [-0.4, -0.2) is 24.1 Å². The molecule has 0 bridgehead atoms. The van der Waals surface area contributed by atoms with Gasteiger partial charge in [-0.2, -0.15) is 0 Å². The van der Waals surface area contributed by atoms with Crippen molar-refractivity contribution < 1.29 is 4.74 Å². The van der Waals surface area contributed by atoms with Crippen molar-refractivity contribution in [3.8, 4) is 0 Å². The number of rotatable bonds is 3. The van der Waals surface area contributed by atoms with Crippen molar-refractivity contribution in [3.63, 3.8) is 0 Å². The standard InChI is InChI=1S/C13H18N2OS/c1-10-6-7-17-13(14-10)15-12-5-3-4-11(8-12)9-16-2/h3-5,8,10H,6-7,9H2,1-2H3,(H,14,15). The minimum Gasteiger partial charge on any atom is -0.380 e. The molecule has 4 heteroatoms. The quantitative estimate of drug-likeness (QED) is 0.895. The third-order valence-electron chi connectivity index (χ3n) is 2.60. The van der Waals surface area contributed by atoms with E-state index in [4.69, 9.17) is 4.74 Å². The summed E-state index contributed by atoms with van der Waals surface area (Å²) in [5, 5.41) is 4.39. The average molecular weight is 250 g/mol. The molecule has 0 amide bonds. The molecule has 0 spiro atoms. The molecule has 1 aromatic carbocycles. The van der Waals surface area contributed by atoms with Crippen LogP contribution in [0.15, 0.2) is 29.3 Å². The summed E-state index contributed by atoms with van der Waals surface area (Å²) in [7, 11) is 1.71. The van der Waals surface area contributed by atoms with Crippen molar-refractivity contribution in [2.24, 2.45) is 4.99 Å². The molecule has 3 nitrogen and oxygen atoms in total. The van der Waals surface area contributed by atoms with Crippen LogP contribution in [0.5, 0.6) is 0 Å². The second kappa shape index (κ2) is 6.07. The van der Waals surface area contributed by atoms with E-state index >= 15 is 0 Å². The van der Waals surface area contributed by atoms with Crippen LogP contribution in [0.2, 0.25) is 0 Å². The first-order valence-electron chi connectivity index (χ1n) is 5.83. The summed E-state index contributed by atoms with van der Waals surface area (Å²) in [6, 6.07) is 8.69. The van der Waals surface area contributed by atoms with Crippen molar-refractivity contribution >= 4 is 22.6 Å². The minimum atomic E-state index is 0.431. The number of amidine groups is 1. The fourth-order valence-electron chi connectivity index (χ4n) is 1.73. The van der Waals surface area contributed by atoms with Gasteiger partial charge in [0.25, 0.3) is 0 Å². The van der Waals surface area contributed by atoms with E-state index in [0.29, 0.717) is 12.6 Å². The lowest BCUT2D eigenvalue weighted by Crippen LogP contribution is -2.18. The van der Waals surface area contributed by atoms with Gasteiger partial charge in [0.2, 0.25) is 0 Å². The molecule has 0 radical (unpaired) electrons. The number of benzene rings is 1. The van der Waals surface area contributed by atoms with E-state index < -0.39 is 0 Å². The fraction of sp³-hybridized carbons (Fsp3) is 0.462. The maximum atomic E-state index is 5.13. The van der Waals surface area contributed by atoms with E-state index in [2.05, 4.69) is 35.4 Å². The number of hydrogen-bond donors (Lipinski definition) is 1. The molecule has 1 atom stereocenters. The Balaban J connectivity index is 2.05. The van der Waals surface area contributed by atoms with Crippen LogP contribution in [0, 0.1) is 0 Å². The lowest BCUT2D eigenvalue weighted by atomic mass is 10.2. The zero-order valence-electron chi connectivity index (χ0n) is 10.3. The van der Waals surface area contributed by atoms with Gasteiger partial charge >= 0.3 is 0 Å². The maximum Gasteiger partial charge on any atom is 0.161 e. The molecule has 1 N–H and O–H groups in total. The zero-order valence-corrected chi connectivity index (χ0v) is 11.1. The molecule has 2 rings (SSSR count). The molecular weight excluding hydrogens is 232 g/mol. The number of anilines is 1. The monoisotopic (exact) mass is 250 g/mol. The van der Waals surface area contributed by atoms with Gasteiger partial charge in [0, 0.05) is 18.6 Å². The number of nitrogens with zero attached hydrogens (tertiary/aromatic N) is 1. The molecule has 1 aromatic rings. The summed E-state index contributed by atoms with van der Waals surface area (Å²) in [5.41, 5.74) is 2.26. The molecule has 0 fully saturated rings. The van der Waals surface area contributed by atoms with E-state index in [0.717, 1.165) is 16.6 Å². The first-order valence-corrected chi connectivity index (χ1v) is 6.82. The summed E-state index contributed by atoms with van der Waals surface area (Å²) in [4.78, 5) is 4.59. The second-order valence-electron chi connectivity index (χ2n) is 4.18. The minimum absolute atomic E-state index is 0.431. The Labute approximate surface area is 107 Å². The normalized spacial score (nSPS) is 19.9. The average Bonchev–Trinajstić information content (AvgIpc) is 2.30. The molecule has 92 valence electrons. The van der Waals surface area contributed by atoms with Crippen molar-refractivity contribution in [2.45, 2.75) is 26.0 Å². The zero-order chi connectivity index (χ0) is 12.1. The van der Waals surface area contributed by atoms with E-state index in [1.807, 2.05) is 6.07 Å². The van der Waals surface area contributed by atoms with Crippen LogP contribution in [-0.2, 0) is 11.3 Å². The molecule has 0 aromatic heterocycles. The smallest absolute Gasteiger partial charge is 0.161 e. The van der Waals surface area contributed by atoms with Crippen molar-refractivity contribution in [3.05, 3.63) is 29.8 Å². The number of methoxy groups -OCH3 is 1. The summed E-state index contributed by atoms with van der Waals surface area (Å²) < 4.78 is 5.13. The van der Waals surface area contributed by atoms with E-state index in [1.165, 1.54) is 12.0 Å². The van der Waals surface area contributed by atoms with Gasteiger partial charge in [-0.25, -0.2) is 0 Å². The highest BCUT2D eigenvalue weighted by molar-refractivity contribution is 8.14. The molecule has 0 saturated carbocycles. The molecule has 1 aliphatic heterocycles. The van der Waals surface area contributed by atoms with Gasteiger partial charge in [-0.05, 0) is 31.0 Å². The first kappa shape index (κ1) is 12.5. The van der Waals surface area contributed by atoms with Crippen molar-refractivity contribution in [2.75, 3.05) is 18.2 Å². The Hall–Kier alpha value is -1.00. The molecule has 1 unspecified atom stereocenters. The Morgan fingerprint density at radius 2 is 2.41 bits per heavy atom. The Kier molecular flexibility index (Phi) is 4.45. The molecular formula is C13H18N2OS. The van der Waals surface area contributed by atoms with E-state index in [1.54, 1.807) is 18.9 Å². The number of thioether (sulfide) groups is 1. The van der Waals surface area contributed by atoms with Crippen LogP contribution in [0.25, 0.3) is 0 Å². The number of aliphatic imine (C=N–C) groups is 1. The van der Waals surface area contributed by atoms with Gasteiger partial charge in [0.1, 0.15) is 0 Å². The van der Waals surface area contributed by atoms with E-state index in [-0.39, 0.29) is 0 Å². The number of hydrogen-bond acceptors (Lipinski definition) is 4. The predicted octanol–water partition coefficient (Wildman–Crippen LogP) is 3.13. The van der Waals surface area contributed by atoms with Gasteiger partial charge in [-0.15, -0.1) is 0 Å². The van der Waals surface area contributed by atoms with Gasteiger partial charge in [0.15, 0.2) is 5.17 Å². The van der Waals surface area contributed by atoms with Crippen LogP contribution in [0.1, 0.15) is 18.9 Å². The lowest BCUT2D eigenvalue weighted by Gasteiger charge is -2.17. The SMILES string of the molecule is COCc1cccc(NC2=NC(C)CCS2)c1. The number of ether oxygens (including phenoxy) is 1. The Bertz CT molecular complexity index is 406. The van der Waals surface area contributed by atoms with Crippen molar-refractivity contribution in [1.29, 1.82) is 0 Å². The van der Waals surface area contributed by atoms with Crippen LogP contribution >= 0.6 is 11.8 Å². The Morgan fingerprint density at radius 3 is 3.18 bits per heavy atom.